The summed E-state index contributed by atoms with van der Waals surface area (Å²) >= 11 is 0. The van der Waals surface area contributed by atoms with Gasteiger partial charge in [-0.05, 0) is 0 Å². The van der Waals surface area contributed by atoms with Crippen LogP contribution in [0.25, 0.3) is 0 Å². The Morgan fingerprint density at radius 2 is 0.174 bits per heavy atom. The van der Waals surface area contributed by atoms with E-state index in [-0.39, 0.29) is 0 Å². The van der Waals surface area contributed by atoms with Crippen molar-refractivity contribution in [2.75, 3.05) is 24.6 Å². The Balaban J connectivity index is 10.2. The molecule has 109 heavy (non-hydrogen) atoms. The van der Waals surface area contributed by atoms with E-state index in [1.807, 2.05) is 0 Å². The number of alkyl halides is 68. The van der Waals surface area contributed by atoms with E-state index in [0.29, 0.717) is 0 Å². The highest BCUT2D eigenvalue weighted by molar-refractivity contribution is 7.75. The Hall–Kier alpha value is -4.33. The van der Waals surface area contributed by atoms with Gasteiger partial charge in [0.2, 0.25) is 0 Å². The second kappa shape index (κ2) is 26.9. The van der Waals surface area contributed by atoms with Gasteiger partial charge in [0.05, 0.1) is 50.3 Å². The maximum atomic E-state index is 15.4. The summed E-state index contributed by atoms with van der Waals surface area (Å²) in [5.41, 5.74) is 0. The molecule has 0 aromatic rings. The average molecular weight is 1820 g/mol. The Morgan fingerprint density at radius 3 is 0.257 bits per heavy atom. The molecule has 69 heteroatoms. The van der Waals surface area contributed by atoms with E-state index in [9.17, 15) is 228 Å². The molecule has 0 atom stereocenters. The van der Waals surface area contributed by atoms with Gasteiger partial charge in [-0.2, -0.15) is 299 Å². The molecule has 656 valence electrons. The Morgan fingerprint density at radius 1 is 0.101 bits per heavy atom. The summed E-state index contributed by atoms with van der Waals surface area (Å²) in [7, 11) is -8.88. The molecular formula is C40H16F68P+. The zero-order valence-corrected chi connectivity index (χ0v) is 48.7. The van der Waals surface area contributed by atoms with Gasteiger partial charge in [0.1, 0.15) is 0 Å². The normalized spacial score (nSPS) is 17.3. The lowest BCUT2D eigenvalue weighted by Gasteiger charge is -2.44. The largest absolute Gasteiger partial charge is 0.460 e. The van der Waals surface area contributed by atoms with E-state index in [2.05, 4.69) is 0 Å². The summed E-state index contributed by atoms with van der Waals surface area (Å²) < 4.78 is 957. The fraction of sp³-hybridized carbons (Fsp3) is 1.00. The molecule has 0 saturated heterocycles. The quantitative estimate of drug-likeness (QED) is 0.0433. The molecule has 0 unspecified atom stereocenters. The lowest BCUT2D eigenvalue weighted by atomic mass is 9.88. The molecule has 0 nitrogen and oxygen atoms in total. The average Bonchev–Trinajstić information content (AvgIpc) is 0.709. The monoisotopic (exact) mass is 1820 g/mol. The Bertz CT molecular complexity index is 2710. The van der Waals surface area contributed by atoms with Crippen LogP contribution in [0.3, 0.4) is 0 Å². The molecule has 0 aliphatic rings. The molecule has 0 aliphatic carbocycles. The molecule has 0 aliphatic heterocycles. The highest BCUT2D eigenvalue weighted by Crippen LogP contribution is 2.74. The first kappa shape index (κ1) is 105. The number of rotatable bonds is 36. The first-order valence-electron chi connectivity index (χ1n) is 24.5. The van der Waals surface area contributed by atoms with Gasteiger partial charge in [-0.25, -0.2) is 0 Å². The van der Waals surface area contributed by atoms with Crippen molar-refractivity contribution in [1.82, 2.24) is 0 Å². The van der Waals surface area contributed by atoms with Gasteiger partial charge in [0.15, 0.2) is 0 Å². The van der Waals surface area contributed by atoms with Gasteiger partial charge < -0.3 is 0 Å². The van der Waals surface area contributed by atoms with Crippen LogP contribution in [0, 0.1) is 0 Å². The lowest BCUT2D eigenvalue weighted by molar-refractivity contribution is -0.461. The number of hydrogen-bond acceptors (Lipinski definition) is 0. The minimum absolute atomic E-state index is 5.06. The standard InChI is InChI=1S/C40H16F68P/c41-9(42,13(49,50)17(57,58)21(65,66)25(73,74)29(81,82)33(89,90)37(97,98)99)1-5-109(6-2-10(43,44)14(51,52)18(59,60)22(67,68)26(75,76)30(83,84)34(91,92)38(100,101)102,7-3-11(45,46)15(53,54)19(61,62)23(69,70)27(77,78)31(85,86)35(93,94)39(103,104)105)8-4-12(47,48)16(55,56)20(63,64)24(71,72)28(79,80)32(87,88)36(95,96)40(106,107)108/h1-8H2/q+1. The van der Waals surface area contributed by atoms with Crippen molar-refractivity contribution in [3.05, 3.63) is 0 Å². The topological polar surface area (TPSA) is 0 Å². The number of hydrogen-bond donors (Lipinski definition) is 0. The van der Waals surface area contributed by atoms with E-state index < -0.39 is 248 Å². The SMILES string of the molecule is FC(F)(F)C(F)(F)C(F)(F)C(F)(F)C(F)(F)C(F)(F)C(F)(F)C(F)(F)CC[P+](CCC(F)(F)C(F)(F)C(F)(F)C(F)(F)C(F)(F)C(F)(F)C(F)(F)C(F)(F)F)(CCC(F)(F)C(F)(F)C(F)(F)C(F)(F)C(F)(F)C(F)(F)C(F)(F)C(F)(F)F)CCC(F)(F)C(F)(F)C(F)(F)C(F)(F)C(F)(F)C(F)(F)C(F)(F)C(F)(F)F. The molecule has 0 rings (SSSR count). The van der Waals surface area contributed by atoms with Crippen molar-refractivity contribution in [1.29, 1.82) is 0 Å². The van der Waals surface area contributed by atoms with Crippen molar-refractivity contribution in [3.8, 4) is 0 Å². The molecule has 0 fully saturated rings. The Kier molecular flexibility index (Phi) is 25.8. The minimum Gasteiger partial charge on any atom is -0.199 e. The van der Waals surface area contributed by atoms with Crippen LogP contribution in [-0.4, -0.2) is 215 Å². The highest BCUT2D eigenvalue weighted by Gasteiger charge is 3.01. The molecule has 0 bridgehead atoms. The van der Waals surface area contributed by atoms with Crippen LogP contribution in [0.2, 0.25) is 0 Å². The fourth-order valence-corrected chi connectivity index (χ4v) is 12.0. The Labute approximate surface area is 547 Å². The molecule has 0 spiro atoms. The van der Waals surface area contributed by atoms with Crippen LogP contribution in [0.1, 0.15) is 25.7 Å². The summed E-state index contributed by atoms with van der Waals surface area (Å²) in [5.74, 6) is -274. The van der Waals surface area contributed by atoms with Crippen molar-refractivity contribution < 1.29 is 299 Å². The summed E-state index contributed by atoms with van der Waals surface area (Å²) in [5, 5.41) is 0. The third-order valence-corrected chi connectivity index (χ3v) is 19.4. The van der Waals surface area contributed by atoms with Crippen LogP contribution in [-0.2, 0) is 0 Å². The van der Waals surface area contributed by atoms with Crippen molar-refractivity contribution >= 4 is 7.26 Å². The van der Waals surface area contributed by atoms with Crippen LogP contribution in [0.5, 0.6) is 0 Å². The lowest BCUT2D eigenvalue weighted by Crippen LogP contribution is -2.74. The first-order valence-corrected chi connectivity index (χ1v) is 27.1. The minimum atomic E-state index is -10.2. The van der Waals surface area contributed by atoms with E-state index in [4.69, 9.17) is 0 Å². The van der Waals surface area contributed by atoms with Crippen LogP contribution in [0.4, 0.5) is 299 Å². The summed E-state index contributed by atoms with van der Waals surface area (Å²) in [6.07, 6.45) is -77.6. The van der Waals surface area contributed by atoms with Gasteiger partial charge >= 0.3 is 191 Å². The van der Waals surface area contributed by atoms with Crippen molar-refractivity contribution in [2.24, 2.45) is 0 Å². The van der Waals surface area contributed by atoms with E-state index >= 15 is 70.2 Å². The molecule has 0 heterocycles. The summed E-state index contributed by atoms with van der Waals surface area (Å²) in [6, 6.07) is 0. The predicted molar refractivity (Wildman–Crippen MR) is 208 cm³/mol. The predicted octanol–water partition coefficient (Wildman–Crippen LogP) is 24.6. The highest BCUT2D eigenvalue weighted by atomic mass is 31.2. The third-order valence-electron chi connectivity index (χ3n) is 14.7. The summed E-state index contributed by atoms with van der Waals surface area (Å²) in [6.45, 7) is 0. The number of halogens is 68. The second-order valence-corrected chi connectivity index (χ2v) is 26.3. The van der Waals surface area contributed by atoms with Gasteiger partial charge in [0, 0.05) is 7.26 Å². The van der Waals surface area contributed by atoms with Crippen LogP contribution >= 0.6 is 7.26 Å². The van der Waals surface area contributed by atoms with Crippen molar-refractivity contribution in [3.63, 3.8) is 0 Å². The zero-order valence-electron chi connectivity index (χ0n) is 47.8. The van der Waals surface area contributed by atoms with Gasteiger partial charge in [0.25, 0.3) is 0 Å². The zero-order chi connectivity index (χ0) is 90.2. The van der Waals surface area contributed by atoms with E-state index in [1.54, 1.807) is 0 Å². The molecule has 0 amide bonds. The molecule has 0 aromatic carbocycles. The van der Waals surface area contributed by atoms with Crippen LogP contribution < -0.4 is 0 Å². The maximum Gasteiger partial charge on any atom is 0.460 e. The molecule has 0 aromatic heterocycles. The molecule has 0 radical (unpaired) electrons. The van der Waals surface area contributed by atoms with E-state index in [0.717, 1.165) is 0 Å². The van der Waals surface area contributed by atoms with Gasteiger partial charge in [-0.3, -0.25) is 0 Å². The fourth-order valence-electron chi connectivity index (χ4n) is 7.59. The molecular weight excluding hydrogens is 1800 g/mol. The summed E-state index contributed by atoms with van der Waals surface area (Å²) in [4.78, 5) is 0. The van der Waals surface area contributed by atoms with Gasteiger partial charge in [-0.15, -0.1) is 0 Å². The third kappa shape index (κ3) is 14.1. The van der Waals surface area contributed by atoms with E-state index in [1.165, 1.54) is 0 Å². The maximum absolute atomic E-state index is 15.4. The smallest absolute Gasteiger partial charge is 0.199 e. The van der Waals surface area contributed by atoms with Gasteiger partial charge in [-0.1, -0.05) is 0 Å². The molecule has 0 N–H and O–H groups in total. The van der Waals surface area contributed by atoms with Crippen LogP contribution in [0.15, 0.2) is 0 Å². The van der Waals surface area contributed by atoms with Crippen molar-refractivity contribution in [2.45, 2.75) is 216 Å². The first-order chi connectivity index (χ1) is 45.8. The second-order valence-electron chi connectivity index (χ2n) is 21.8. The molecule has 0 saturated carbocycles.